The fourth-order valence-corrected chi connectivity index (χ4v) is 5.00. The Morgan fingerprint density at radius 1 is 1.18 bits per heavy atom. The van der Waals surface area contributed by atoms with Gasteiger partial charge in [0, 0.05) is 23.8 Å². The SMILES string of the molecule is C.CCO.N#CCC(N)=S.N#CCc1nc(C2CCCCC2)cs1.O=C(CBr)C1CCCCC1. The lowest BCUT2D eigenvalue weighted by molar-refractivity contribution is -0.121. The number of rotatable bonds is 5. The van der Waals surface area contributed by atoms with Gasteiger partial charge in [0.15, 0.2) is 0 Å². The standard InChI is InChI=1S/C11H14N2S.C8H13BrO.C3H4N2S.C2H6O.CH4/c12-7-6-11-13-10(8-14-11)9-4-2-1-3-5-9;9-6-8(10)7-4-2-1-3-5-7;4-2-1-3(5)6;1-2-3;/h8-9H,1-6H2;7H,1-6H2;1H2,(H2,5,6);3H,2H2,1H3;1H4. The number of nitriles is 2. The van der Waals surface area contributed by atoms with E-state index in [0.29, 0.717) is 29.4 Å². The van der Waals surface area contributed by atoms with Crippen LogP contribution in [0.25, 0.3) is 0 Å². The summed E-state index contributed by atoms with van der Waals surface area (Å²) in [6.07, 6.45) is 13.4. The minimum absolute atomic E-state index is 0. The number of carbonyl (C=O) groups is 1. The smallest absolute Gasteiger partial charge is 0.146 e. The van der Waals surface area contributed by atoms with Crippen molar-refractivity contribution in [3.8, 4) is 12.1 Å². The molecular weight excluding hydrogens is 532 g/mol. The summed E-state index contributed by atoms with van der Waals surface area (Å²) in [5.41, 5.74) is 6.15. The molecule has 0 atom stereocenters. The van der Waals surface area contributed by atoms with Gasteiger partial charge in [-0.15, -0.1) is 11.3 Å². The van der Waals surface area contributed by atoms with Gasteiger partial charge in [-0.25, -0.2) is 4.98 Å². The first-order chi connectivity index (χ1) is 15.9. The number of Topliss-reactive ketones (excluding diaryl/α,β-unsaturated/α-hetero) is 1. The lowest BCUT2D eigenvalue weighted by Gasteiger charge is -2.19. The molecule has 0 saturated heterocycles. The van der Waals surface area contributed by atoms with Crippen LogP contribution in [0.5, 0.6) is 0 Å². The van der Waals surface area contributed by atoms with Gasteiger partial charge in [0.1, 0.15) is 10.8 Å². The Morgan fingerprint density at radius 3 is 2.12 bits per heavy atom. The summed E-state index contributed by atoms with van der Waals surface area (Å²) in [5, 5.41) is 27.6. The highest BCUT2D eigenvalue weighted by molar-refractivity contribution is 9.09. The summed E-state index contributed by atoms with van der Waals surface area (Å²) in [4.78, 5) is 15.9. The zero-order valence-corrected chi connectivity index (χ0v) is 22.8. The molecule has 2 fully saturated rings. The van der Waals surface area contributed by atoms with Crippen LogP contribution in [-0.4, -0.2) is 32.8 Å². The molecule has 1 aromatic heterocycles. The third-order valence-electron chi connectivity index (χ3n) is 5.27. The number of nitrogens with zero attached hydrogens (tertiary/aromatic N) is 3. The number of aliphatic hydroxyl groups excluding tert-OH is 1. The van der Waals surface area contributed by atoms with Gasteiger partial charge in [0.2, 0.25) is 0 Å². The van der Waals surface area contributed by atoms with E-state index >= 15 is 0 Å². The summed E-state index contributed by atoms with van der Waals surface area (Å²) < 4.78 is 0. The molecule has 34 heavy (non-hydrogen) atoms. The van der Waals surface area contributed by atoms with Crippen molar-refractivity contribution in [2.45, 2.75) is 97.3 Å². The van der Waals surface area contributed by atoms with E-state index in [2.05, 4.69) is 44.6 Å². The number of thiazole rings is 1. The van der Waals surface area contributed by atoms with Crippen molar-refractivity contribution in [2.75, 3.05) is 11.9 Å². The molecule has 0 aromatic carbocycles. The van der Waals surface area contributed by atoms with Crippen molar-refractivity contribution in [2.24, 2.45) is 11.7 Å². The second-order valence-corrected chi connectivity index (χ2v) is 9.92. The molecule has 0 aliphatic heterocycles. The molecule has 3 N–H and O–H groups in total. The normalized spacial score (nSPS) is 15.2. The van der Waals surface area contributed by atoms with E-state index in [4.69, 9.17) is 21.4 Å². The molecule has 2 aliphatic rings. The quantitative estimate of drug-likeness (QED) is 0.300. The van der Waals surface area contributed by atoms with E-state index < -0.39 is 0 Å². The molecule has 9 heteroatoms. The first kappa shape index (κ1) is 34.8. The van der Waals surface area contributed by atoms with Crippen molar-refractivity contribution in [3.05, 3.63) is 16.1 Å². The average Bonchev–Trinajstić information content (AvgIpc) is 3.30. The number of thiocarbonyl (C=S) groups is 1. The van der Waals surface area contributed by atoms with Crippen LogP contribution < -0.4 is 5.73 Å². The number of aliphatic hydroxyl groups is 1. The maximum absolute atomic E-state index is 11.1. The fourth-order valence-electron chi connectivity index (χ4n) is 3.67. The van der Waals surface area contributed by atoms with Gasteiger partial charge in [0.05, 0.1) is 41.0 Å². The first-order valence-corrected chi connectivity index (χ1v) is 14.0. The Hall–Kier alpha value is -1.39. The number of nitrogens with two attached hydrogens (primary N) is 1. The van der Waals surface area contributed by atoms with E-state index in [1.165, 1.54) is 57.1 Å². The third kappa shape index (κ3) is 17.1. The molecule has 6 nitrogen and oxygen atoms in total. The monoisotopic (exact) mass is 572 g/mol. The first-order valence-electron chi connectivity index (χ1n) is 11.6. The molecule has 1 aromatic rings. The molecule has 0 amide bonds. The summed E-state index contributed by atoms with van der Waals surface area (Å²) in [7, 11) is 0. The Balaban J connectivity index is 0. The summed E-state index contributed by atoms with van der Waals surface area (Å²) in [6, 6.07) is 3.95. The number of carbonyl (C=O) groups excluding carboxylic acids is 1. The van der Waals surface area contributed by atoms with Crippen molar-refractivity contribution in [1.82, 2.24) is 4.98 Å². The van der Waals surface area contributed by atoms with Crippen molar-refractivity contribution in [1.29, 1.82) is 10.5 Å². The summed E-state index contributed by atoms with van der Waals surface area (Å²) in [5.74, 6) is 1.46. The van der Waals surface area contributed by atoms with E-state index in [0.717, 1.165) is 17.8 Å². The van der Waals surface area contributed by atoms with Crippen LogP contribution in [0.1, 0.15) is 102 Å². The molecule has 1 heterocycles. The van der Waals surface area contributed by atoms with Gasteiger partial charge in [-0.1, -0.05) is 74.1 Å². The van der Waals surface area contributed by atoms with Crippen LogP contribution in [-0.2, 0) is 11.2 Å². The molecule has 0 radical (unpaired) electrons. The van der Waals surface area contributed by atoms with Crippen LogP contribution in [0.2, 0.25) is 0 Å². The maximum atomic E-state index is 11.1. The zero-order chi connectivity index (χ0) is 24.9. The number of hydrogen-bond acceptors (Lipinski definition) is 7. The van der Waals surface area contributed by atoms with Crippen LogP contribution in [0, 0.1) is 28.6 Å². The highest BCUT2D eigenvalue weighted by Gasteiger charge is 2.19. The maximum Gasteiger partial charge on any atom is 0.146 e. The van der Waals surface area contributed by atoms with Crippen molar-refractivity contribution < 1.29 is 9.90 Å². The summed E-state index contributed by atoms with van der Waals surface area (Å²) in [6.45, 7) is 1.93. The molecule has 2 saturated carbocycles. The van der Waals surface area contributed by atoms with Crippen molar-refractivity contribution in [3.63, 3.8) is 0 Å². The van der Waals surface area contributed by atoms with Gasteiger partial charge < -0.3 is 10.8 Å². The Bertz CT molecular complexity index is 747. The number of alkyl halides is 1. The lowest BCUT2D eigenvalue weighted by atomic mass is 9.87. The van der Waals surface area contributed by atoms with Crippen LogP contribution in [0.4, 0.5) is 0 Å². The third-order valence-corrected chi connectivity index (χ3v) is 6.83. The zero-order valence-electron chi connectivity index (χ0n) is 19.6. The number of ketones is 1. The molecule has 0 spiro atoms. The Morgan fingerprint density at radius 2 is 1.71 bits per heavy atom. The van der Waals surface area contributed by atoms with Crippen molar-refractivity contribution >= 4 is 50.3 Å². The molecule has 2 aliphatic carbocycles. The van der Waals surface area contributed by atoms with E-state index in [-0.39, 0.29) is 25.4 Å². The lowest BCUT2D eigenvalue weighted by Crippen LogP contribution is -2.18. The van der Waals surface area contributed by atoms with Gasteiger partial charge in [-0.2, -0.15) is 10.5 Å². The summed E-state index contributed by atoms with van der Waals surface area (Å²) >= 11 is 9.18. The predicted octanol–water partition coefficient (Wildman–Crippen LogP) is 6.61. The number of halogens is 1. The molecular formula is C25H41BrN4O2S2. The largest absolute Gasteiger partial charge is 0.397 e. The van der Waals surface area contributed by atoms with E-state index in [9.17, 15) is 4.79 Å². The van der Waals surface area contributed by atoms with Gasteiger partial charge in [-0.3, -0.25) is 4.79 Å². The van der Waals surface area contributed by atoms with Crippen LogP contribution in [0.3, 0.4) is 0 Å². The van der Waals surface area contributed by atoms with E-state index in [1.54, 1.807) is 24.3 Å². The minimum Gasteiger partial charge on any atom is -0.397 e. The topological polar surface area (TPSA) is 124 Å². The number of hydrogen-bond donors (Lipinski definition) is 2. The highest BCUT2D eigenvalue weighted by atomic mass is 79.9. The second-order valence-electron chi connectivity index (χ2n) is 7.89. The average molecular weight is 574 g/mol. The molecule has 192 valence electrons. The highest BCUT2D eigenvalue weighted by Crippen LogP contribution is 2.33. The Kier molecular flexibility index (Phi) is 23.9. The predicted molar refractivity (Wildman–Crippen MR) is 149 cm³/mol. The molecule has 0 unspecified atom stereocenters. The van der Waals surface area contributed by atoms with Crippen LogP contribution in [0.15, 0.2) is 5.38 Å². The van der Waals surface area contributed by atoms with Crippen LogP contribution >= 0.6 is 39.5 Å². The fraction of sp³-hybridized carbons (Fsp3) is 0.720. The van der Waals surface area contributed by atoms with Gasteiger partial charge in [0.25, 0.3) is 0 Å². The Labute approximate surface area is 224 Å². The minimum atomic E-state index is 0. The second kappa shape index (κ2) is 23.4. The number of aromatic nitrogens is 1. The van der Waals surface area contributed by atoms with Gasteiger partial charge in [-0.05, 0) is 32.6 Å². The van der Waals surface area contributed by atoms with E-state index in [1.807, 2.05) is 0 Å². The molecule has 0 bridgehead atoms. The molecule has 3 rings (SSSR count). The van der Waals surface area contributed by atoms with Gasteiger partial charge >= 0.3 is 0 Å².